The van der Waals surface area contributed by atoms with Crippen LogP contribution in [-0.2, 0) is 15.8 Å². The highest BCUT2D eigenvalue weighted by molar-refractivity contribution is 6.30. The van der Waals surface area contributed by atoms with Crippen molar-refractivity contribution in [1.82, 2.24) is 15.1 Å². The first-order chi connectivity index (χ1) is 19.8. The summed E-state index contributed by atoms with van der Waals surface area (Å²) in [6.07, 6.45) is -1.73. The van der Waals surface area contributed by atoms with Crippen molar-refractivity contribution < 1.29 is 32.3 Å². The van der Waals surface area contributed by atoms with Crippen molar-refractivity contribution in [3.8, 4) is 5.75 Å². The maximum atomic E-state index is 13.7. The zero-order valence-corrected chi connectivity index (χ0v) is 24.6. The molecule has 0 bridgehead atoms. The molecule has 2 atom stereocenters. The van der Waals surface area contributed by atoms with Crippen LogP contribution in [0, 0.1) is 18.3 Å². The molecule has 11 heteroatoms. The Kier molecular flexibility index (Phi) is 8.22. The first-order valence-corrected chi connectivity index (χ1v) is 14.6. The van der Waals surface area contributed by atoms with Gasteiger partial charge in [0.2, 0.25) is 11.8 Å². The van der Waals surface area contributed by atoms with E-state index >= 15 is 0 Å². The number of carbonyl (C=O) groups excluding carboxylic acids is 3. The van der Waals surface area contributed by atoms with Gasteiger partial charge in [-0.15, -0.1) is 0 Å². The molecule has 1 aliphatic carbocycles. The zero-order valence-electron chi connectivity index (χ0n) is 23.9. The smallest absolute Gasteiger partial charge is 0.419 e. The van der Waals surface area contributed by atoms with Gasteiger partial charge in [-0.2, -0.15) is 13.2 Å². The Morgan fingerprint density at radius 1 is 1.02 bits per heavy atom. The largest absolute Gasteiger partial charge is 0.496 e. The van der Waals surface area contributed by atoms with E-state index in [2.05, 4.69) is 5.32 Å². The lowest BCUT2D eigenvalue weighted by Crippen LogP contribution is -2.46. The number of benzene rings is 2. The van der Waals surface area contributed by atoms with Gasteiger partial charge in [-0.3, -0.25) is 14.4 Å². The summed E-state index contributed by atoms with van der Waals surface area (Å²) in [7, 11) is 1.14. The monoisotopic (exact) mass is 605 g/mol. The maximum Gasteiger partial charge on any atom is 0.419 e. The van der Waals surface area contributed by atoms with Crippen LogP contribution < -0.4 is 10.1 Å². The molecule has 2 aromatic carbocycles. The Morgan fingerprint density at radius 2 is 1.71 bits per heavy atom. The lowest BCUT2D eigenvalue weighted by atomic mass is 9.90. The van der Waals surface area contributed by atoms with Crippen LogP contribution in [-0.4, -0.2) is 66.9 Å². The van der Waals surface area contributed by atoms with E-state index < -0.39 is 23.7 Å². The molecule has 2 heterocycles. The summed E-state index contributed by atoms with van der Waals surface area (Å²) in [6, 6.07) is 8.10. The fourth-order valence-corrected chi connectivity index (χ4v) is 6.42. The number of alkyl halides is 3. The van der Waals surface area contributed by atoms with Crippen molar-refractivity contribution >= 4 is 29.3 Å². The number of amides is 3. The minimum Gasteiger partial charge on any atom is -0.496 e. The number of hydrogen-bond donors (Lipinski definition) is 1. The molecule has 0 unspecified atom stereocenters. The highest BCUT2D eigenvalue weighted by atomic mass is 35.5. The number of hydrogen-bond acceptors (Lipinski definition) is 4. The topological polar surface area (TPSA) is 79.0 Å². The first-order valence-electron chi connectivity index (χ1n) is 14.2. The first kappa shape index (κ1) is 30.2. The van der Waals surface area contributed by atoms with Gasteiger partial charge in [0.05, 0.1) is 18.7 Å². The molecule has 5 rings (SSSR count). The second-order valence-corrected chi connectivity index (χ2v) is 12.4. The van der Waals surface area contributed by atoms with E-state index in [0.29, 0.717) is 37.5 Å². The van der Waals surface area contributed by atoms with Crippen molar-refractivity contribution in [3.63, 3.8) is 0 Å². The Hall–Kier alpha value is -3.27. The van der Waals surface area contributed by atoms with Gasteiger partial charge in [0, 0.05) is 54.0 Å². The van der Waals surface area contributed by atoms with Crippen LogP contribution in [0.5, 0.6) is 5.75 Å². The van der Waals surface area contributed by atoms with Crippen molar-refractivity contribution in [2.24, 2.45) is 11.3 Å². The van der Waals surface area contributed by atoms with E-state index in [1.165, 1.54) is 6.07 Å². The van der Waals surface area contributed by atoms with Crippen LogP contribution in [0.25, 0.3) is 0 Å². The number of aryl methyl sites for hydroxylation is 1. The second-order valence-electron chi connectivity index (χ2n) is 12.0. The van der Waals surface area contributed by atoms with Gasteiger partial charge in [-0.25, -0.2) is 0 Å². The van der Waals surface area contributed by atoms with Crippen LogP contribution in [0.4, 0.5) is 13.2 Å². The van der Waals surface area contributed by atoms with Crippen molar-refractivity contribution in [3.05, 3.63) is 63.7 Å². The van der Waals surface area contributed by atoms with E-state index in [9.17, 15) is 27.6 Å². The third kappa shape index (κ3) is 6.09. The number of ether oxygens (including phenoxy) is 1. The molecular formula is C31H35ClF3N3O4. The molecule has 2 aromatic rings. The lowest BCUT2D eigenvalue weighted by Gasteiger charge is -2.34. The quantitative estimate of drug-likeness (QED) is 0.476. The van der Waals surface area contributed by atoms with E-state index in [1.54, 1.807) is 11.0 Å². The van der Waals surface area contributed by atoms with Crippen molar-refractivity contribution in [2.75, 3.05) is 33.3 Å². The number of methoxy groups -OCH3 is 1. The fourth-order valence-electron chi connectivity index (χ4n) is 6.19. The predicted molar refractivity (Wildman–Crippen MR) is 151 cm³/mol. The molecule has 226 valence electrons. The molecule has 0 spiro atoms. The minimum atomic E-state index is -4.70. The SMILES string of the molecule is COc1ccc(C(=O)N[C@H]2CN(C(=O)C3CCN(C(=O)C4(C)CC4)CC3)C[C@@H]2c2ccc(Cl)cc2C)cc1C(F)(F)F. The fraction of sp³-hybridized carbons (Fsp3) is 0.516. The number of nitrogens with zero attached hydrogens (tertiary/aromatic N) is 2. The second kappa shape index (κ2) is 11.4. The van der Waals surface area contributed by atoms with Gasteiger partial charge in [-0.05, 0) is 74.1 Å². The number of likely N-dealkylation sites (tertiary alicyclic amines) is 2. The zero-order chi connectivity index (χ0) is 30.4. The predicted octanol–water partition coefficient (Wildman–Crippen LogP) is 5.44. The van der Waals surface area contributed by atoms with Gasteiger partial charge < -0.3 is 19.9 Å². The van der Waals surface area contributed by atoms with E-state index in [-0.39, 0.29) is 46.9 Å². The number of piperidine rings is 1. The molecule has 2 saturated heterocycles. The molecule has 2 aliphatic heterocycles. The Balaban J connectivity index is 1.33. The average Bonchev–Trinajstić information content (AvgIpc) is 3.58. The summed E-state index contributed by atoms with van der Waals surface area (Å²) < 4.78 is 45.7. The van der Waals surface area contributed by atoms with Gasteiger partial charge in [0.15, 0.2) is 0 Å². The molecule has 7 nitrogen and oxygen atoms in total. The molecule has 3 amide bonds. The number of rotatable bonds is 6. The Labute approximate surface area is 248 Å². The summed E-state index contributed by atoms with van der Waals surface area (Å²) in [6.45, 7) is 5.53. The normalized spacial score (nSPS) is 22.2. The average molecular weight is 606 g/mol. The summed E-state index contributed by atoms with van der Waals surface area (Å²) in [4.78, 5) is 43.3. The molecule has 1 N–H and O–H groups in total. The van der Waals surface area contributed by atoms with Crippen LogP contribution in [0.2, 0.25) is 5.02 Å². The maximum absolute atomic E-state index is 13.7. The van der Waals surface area contributed by atoms with Crippen LogP contribution in [0.1, 0.15) is 65.6 Å². The third-order valence-corrected chi connectivity index (χ3v) is 9.23. The standard InChI is InChI=1S/C31H35ClF3N3O4/c1-18-14-21(32)5-6-22(18)23-16-38(28(40)19-8-12-37(13-9-19)29(41)30(2)10-11-30)17-25(23)36-27(39)20-4-7-26(42-3)24(15-20)31(33,34)35/h4-7,14-15,19,23,25H,8-13,16-17H2,1-3H3,(H,36,39)/t23-,25+/m1/s1. The van der Waals surface area contributed by atoms with Crippen molar-refractivity contribution in [2.45, 2.75) is 57.7 Å². The van der Waals surface area contributed by atoms with Gasteiger partial charge in [-0.1, -0.05) is 24.6 Å². The molecule has 0 aromatic heterocycles. The van der Waals surface area contributed by atoms with Crippen LogP contribution in [0.15, 0.2) is 36.4 Å². The van der Waals surface area contributed by atoms with Crippen molar-refractivity contribution in [1.29, 1.82) is 0 Å². The summed E-state index contributed by atoms with van der Waals surface area (Å²) in [5, 5.41) is 3.47. The Morgan fingerprint density at radius 3 is 2.31 bits per heavy atom. The molecule has 42 heavy (non-hydrogen) atoms. The summed E-state index contributed by atoms with van der Waals surface area (Å²) >= 11 is 6.18. The highest BCUT2D eigenvalue weighted by Crippen LogP contribution is 2.47. The number of halogens is 4. The van der Waals surface area contributed by atoms with Gasteiger partial charge in [0.25, 0.3) is 5.91 Å². The third-order valence-electron chi connectivity index (χ3n) is 8.99. The lowest BCUT2D eigenvalue weighted by molar-refractivity contribution is -0.142. The van der Waals surface area contributed by atoms with Crippen LogP contribution in [0.3, 0.4) is 0 Å². The molecule has 1 saturated carbocycles. The van der Waals surface area contributed by atoms with E-state index in [0.717, 1.165) is 43.2 Å². The highest BCUT2D eigenvalue weighted by Gasteiger charge is 2.48. The Bertz CT molecular complexity index is 1390. The number of carbonyl (C=O) groups is 3. The molecule has 0 radical (unpaired) electrons. The van der Waals surface area contributed by atoms with Gasteiger partial charge in [0.1, 0.15) is 5.75 Å². The molecular weight excluding hydrogens is 571 g/mol. The van der Waals surface area contributed by atoms with Gasteiger partial charge >= 0.3 is 6.18 Å². The minimum absolute atomic E-state index is 0.0306. The van der Waals surface area contributed by atoms with Crippen LogP contribution >= 0.6 is 11.6 Å². The summed E-state index contributed by atoms with van der Waals surface area (Å²) in [5.41, 5.74) is 0.368. The van der Waals surface area contributed by atoms with E-state index in [1.807, 2.05) is 30.9 Å². The van der Waals surface area contributed by atoms with E-state index in [4.69, 9.17) is 16.3 Å². The molecule has 3 aliphatic rings. The summed E-state index contributed by atoms with van der Waals surface area (Å²) in [5.74, 6) is -1.42. The number of nitrogens with one attached hydrogen (secondary N) is 1. The molecule has 3 fully saturated rings.